The summed E-state index contributed by atoms with van der Waals surface area (Å²) in [5, 5.41) is 0. The Morgan fingerprint density at radius 3 is 3.12 bits per heavy atom. The molecule has 2 rings (SSSR count). The smallest absolute Gasteiger partial charge is 0.222 e. The summed E-state index contributed by atoms with van der Waals surface area (Å²) in [6, 6.07) is 8.76. The zero-order chi connectivity index (χ0) is 11.4. The van der Waals surface area contributed by atoms with Gasteiger partial charge in [-0.15, -0.1) is 0 Å². The van der Waals surface area contributed by atoms with Crippen molar-refractivity contribution in [2.75, 3.05) is 19.7 Å². The van der Waals surface area contributed by atoms with Crippen LogP contribution in [-0.4, -0.2) is 30.5 Å². The highest BCUT2D eigenvalue weighted by atomic mass is 16.5. The van der Waals surface area contributed by atoms with Crippen molar-refractivity contribution in [1.82, 2.24) is 4.90 Å². The van der Waals surface area contributed by atoms with Crippen molar-refractivity contribution in [3.05, 3.63) is 29.8 Å². The van der Waals surface area contributed by atoms with Crippen LogP contribution in [0.5, 0.6) is 5.75 Å². The standard InChI is InChI=1S/C13H16NO2/c1-11-4-2-5-12(10-11)16-9-8-14-7-3-6-13(14)15/h2,5,10H,3,6-9H2,1H3. The summed E-state index contributed by atoms with van der Waals surface area (Å²) in [6.45, 7) is 4.12. The number of hydrogen-bond donors (Lipinski definition) is 0. The van der Waals surface area contributed by atoms with Crippen LogP contribution in [0.2, 0.25) is 0 Å². The summed E-state index contributed by atoms with van der Waals surface area (Å²) < 4.78 is 5.58. The fourth-order valence-electron chi connectivity index (χ4n) is 1.86. The number of benzene rings is 1. The maximum Gasteiger partial charge on any atom is 0.222 e. The zero-order valence-electron chi connectivity index (χ0n) is 9.53. The number of amides is 1. The van der Waals surface area contributed by atoms with E-state index >= 15 is 0 Å². The first-order valence-corrected chi connectivity index (χ1v) is 5.64. The molecule has 1 saturated heterocycles. The number of ether oxygens (including phenoxy) is 1. The Kier molecular flexibility index (Phi) is 3.44. The maximum atomic E-state index is 11.3. The molecule has 0 unspecified atom stereocenters. The Morgan fingerprint density at radius 1 is 1.56 bits per heavy atom. The Morgan fingerprint density at radius 2 is 2.44 bits per heavy atom. The van der Waals surface area contributed by atoms with Crippen LogP contribution in [-0.2, 0) is 4.79 Å². The zero-order valence-corrected chi connectivity index (χ0v) is 9.53. The number of nitrogens with zero attached hydrogens (tertiary/aromatic N) is 1. The SMILES string of the molecule is Cc1[c]ccc(OCCN2CCCC2=O)c1. The van der Waals surface area contributed by atoms with Gasteiger partial charge in [0.05, 0.1) is 6.54 Å². The first-order chi connectivity index (χ1) is 7.75. The molecule has 85 valence electrons. The molecule has 1 radical (unpaired) electrons. The lowest BCUT2D eigenvalue weighted by atomic mass is 10.2. The lowest BCUT2D eigenvalue weighted by Gasteiger charge is -2.15. The first kappa shape index (κ1) is 11.0. The van der Waals surface area contributed by atoms with Crippen molar-refractivity contribution >= 4 is 5.91 Å². The molecule has 0 bridgehead atoms. The van der Waals surface area contributed by atoms with Crippen molar-refractivity contribution in [3.8, 4) is 5.75 Å². The van der Waals surface area contributed by atoms with Crippen molar-refractivity contribution in [3.63, 3.8) is 0 Å². The van der Waals surface area contributed by atoms with E-state index in [0.29, 0.717) is 19.6 Å². The molecule has 1 heterocycles. The molecule has 3 nitrogen and oxygen atoms in total. The van der Waals surface area contributed by atoms with Gasteiger partial charge in [0.2, 0.25) is 5.91 Å². The van der Waals surface area contributed by atoms with E-state index in [-0.39, 0.29) is 5.91 Å². The van der Waals surface area contributed by atoms with Crippen LogP contribution in [0, 0.1) is 13.0 Å². The van der Waals surface area contributed by atoms with Gasteiger partial charge in [-0.05, 0) is 37.1 Å². The van der Waals surface area contributed by atoms with E-state index in [4.69, 9.17) is 4.74 Å². The fourth-order valence-corrected chi connectivity index (χ4v) is 1.86. The third-order valence-corrected chi connectivity index (χ3v) is 2.72. The van der Waals surface area contributed by atoms with Crippen molar-refractivity contribution in [2.24, 2.45) is 0 Å². The molecule has 1 aliphatic heterocycles. The van der Waals surface area contributed by atoms with Gasteiger partial charge in [-0.3, -0.25) is 4.79 Å². The molecule has 0 spiro atoms. The molecule has 0 saturated carbocycles. The van der Waals surface area contributed by atoms with E-state index < -0.39 is 0 Å². The van der Waals surface area contributed by atoms with E-state index in [2.05, 4.69) is 6.07 Å². The number of rotatable bonds is 4. The average Bonchev–Trinajstić information content (AvgIpc) is 2.65. The molecule has 1 fully saturated rings. The molecular weight excluding hydrogens is 202 g/mol. The van der Waals surface area contributed by atoms with E-state index in [1.807, 2.05) is 30.0 Å². The molecule has 3 heteroatoms. The van der Waals surface area contributed by atoms with E-state index in [9.17, 15) is 4.79 Å². The lowest BCUT2D eigenvalue weighted by Crippen LogP contribution is -2.29. The van der Waals surface area contributed by atoms with Gasteiger partial charge in [0.1, 0.15) is 12.4 Å². The summed E-state index contributed by atoms with van der Waals surface area (Å²) in [5.41, 5.74) is 1.06. The number of hydrogen-bond acceptors (Lipinski definition) is 2. The first-order valence-electron chi connectivity index (χ1n) is 5.64. The van der Waals surface area contributed by atoms with Gasteiger partial charge in [0, 0.05) is 13.0 Å². The second kappa shape index (κ2) is 5.01. The molecule has 1 amide bonds. The van der Waals surface area contributed by atoms with Gasteiger partial charge < -0.3 is 9.64 Å². The van der Waals surface area contributed by atoms with Gasteiger partial charge in [-0.2, -0.15) is 0 Å². The Bertz CT molecular complexity index is 376. The Labute approximate surface area is 96.0 Å². The maximum absolute atomic E-state index is 11.3. The monoisotopic (exact) mass is 218 g/mol. The number of likely N-dealkylation sites (tertiary alicyclic amines) is 1. The number of carbonyl (C=O) groups is 1. The normalized spacial score (nSPS) is 15.6. The highest BCUT2D eigenvalue weighted by Crippen LogP contribution is 2.13. The molecule has 16 heavy (non-hydrogen) atoms. The Balaban J connectivity index is 1.77. The van der Waals surface area contributed by atoms with Gasteiger partial charge in [-0.25, -0.2) is 0 Å². The van der Waals surface area contributed by atoms with Crippen molar-refractivity contribution in [1.29, 1.82) is 0 Å². The van der Waals surface area contributed by atoms with Crippen LogP contribution in [0.3, 0.4) is 0 Å². The highest BCUT2D eigenvalue weighted by molar-refractivity contribution is 5.78. The number of aryl methyl sites for hydroxylation is 1. The molecule has 0 N–H and O–H groups in total. The summed E-state index contributed by atoms with van der Waals surface area (Å²) in [5.74, 6) is 1.10. The predicted molar refractivity (Wildman–Crippen MR) is 61.3 cm³/mol. The Hall–Kier alpha value is -1.51. The fraction of sp³-hybridized carbons (Fsp3) is 0.462. The molecule has 1 aromatic carbocycles. The van der Waals surface area contributed by atoms with Crippen LogP contribution in [0.15, 0.2) is 18.2 Å². The topological polar surface area (TPSA) is 29.5 Å². The average molecular weight is 218 g/mol. The summed E-state index contributed by atoms with van der Waals surface area (Å²) in [4.78, 5) is 13.2. The van der Waals surface area contributed by atoms with E-state index in [0.717, 1.165) is 24.3 Å². The minimum atomic E-state index is 0.251. The van der Waals surface area contributed by atoms with E-state index in [1.165, 1.54) is 0 Å². The molecular formula is C13H16NO2. The second-order valence-corrected chi connectivity index (χ2v) is 4.04. The van der Waals surface area contributed by atoms with Crippen LogP contribution in [0.1, 0.15) is 18.4 Å². The van der Waals surface area contributed by atoms with Crippen LogP contribution in [0.25, 0.3) is 0 Å². The minimum Gasteiger partial charge on any atom is -0.492 e. The second-order valence-electron chi connectivity index (χ2n) is 4.04. The third kappa shape index (κ3) is 2.75. The molecule has 1 aliphatic rings. The van der Waals surface area contributed by atoms with Crippen molar-refractivity contribution < 1.29 is 9.53 Å². The predicted octanol–water partition coefficient (Wildman–Crippen LogP) is 1.80. The number of carbonyl (C=O) groups excluding carboxylic acids is 1. The highest BCUT2D eigenvalue weighted by Gasteiger charge is 2.19. The summed E-state index contributed by atoms with van der Waals surface area (Å²) in [6.07, 6.45) is 1.68. The molecule has 1 aromatic rings. The molecule has 0 aliphatic carbocycles. The van der Waals surface area contributed by atoms with E-state index in [1.54, 1.807) is 0 Å². The lowest BCUT2D eigenvalue weighted by molar-refractivity contribution is -0.128. The van der Waals surface area contributed by atoms with Gasteiger partial charge in [-0.1, -0.05) is 6.07 Å². The van der Waals surface area contributed by atoms with Crippen molar-refractivity contribution in [2.45, 2.75) is 19.8 Å². The minimum absolute atomic E-state index is 0.251. The summed E-state index contributed by atoms with van der Waals surface area (Å²) in [7, 11) is 0. The van der Waals surface area contributed by atoms with Gasteiger partial charge in [0.15, 0.2) is 0 Å². The van der Waals surface area contributed by atoms with Crippen LogP contribution in [0.4, 0.5) is 0 Å². The quantitative estimate of drug-likeness (QED) is 0.771. The van der Waals surface area contributed by atoms with Gasteiger partial charge in [0.25, 0.3) is 0 Å². The largest absolute Gasteiger partial charge is 0.492 e. The van der Waals surface area contributed by atoms with Crippen LogP contribution >= 0.6 is 0 Å². The third-order valence-electron chi connectivity index (χ3n) is 2.72. The summed E-state index contributed by atoms with van der Waals surface area (Å²) >= 11 is 0. The molecule has 0 atom stereocenters. The van der Waals surface area contributed by atoms with Gasteiger partial charge >= 0.3 is 0 Å². The van der Waals surface area contributed by atoms with Crippen LogP contribution < -0.4 is 4.74 Å². The molecule has 0 aromatic heterocycles.